The van der Waals surface area contributed by atoms with Gasteiger partial charge >= 0.3 is 5.97 Å². The largest absolute Gasteiger partial charge is 0.493 e. The molecule has 0 saturated carbocycles. The highest BCUT2D eigenvalue weighted by atomic mass is 16.7. The number of carboxylic acids is 1. The van der Waals surface area contributed by atoms with Crippen LogP contribution in [0.5, 0.6) is 17.2 Å². The first-order valence-electron chi connectivity index (χ1n) is 15.1. The molecule has 2 fully saturated rings. The molecule has 10 heteroatoms. The van der Waals surface area contributed by atoms with Crippen LogP contribution in [0, 0.1) is 11.3 Å². The molecule has 0 spiro atoms. The summed E-state index contributed by atoms with van der Waals surface area (Å²) in [7, 11) is 1.55. The second-order valence-corrected chi connectivity index (χ2v) is 12.2. The van der Waals surface area contributed by atoms with E-state index in [0.29, 0.717) is 56.4 Å². The zero-order chi connectivity index (χ0) is 29.7. The minimum atomic E-state index is -0.909. The highest BCUT2D eigenvalue weighted by molar-refractivity contribution is 5.84. The van der Waals surface area contributed by atoms with Gasteiger partial charge in [0.15, 0.2) is 11.5 Å². The molecule has 3 aliphatic heterocycles. The molecule has 0 aromatic heterocycles. The molecule has 41 heavy (non-hydrogen) atoms. The number of hydrogen-bond acceptors (Lipinski definition) is 7. The molecule has 0 bridgehead atoms. The number of carbonyl (C=O) groups excluding carboxylic acids is 2. The van der Waals surface area contributed by atoms with Gasteiger partial charge in [0.2, 0.25) is 24.4 Å². The molecule has 1 unspecified atom stereocenters. The van der Waals surface area contributed by atoms with E-state index in [1.165, 1.54) is 0 Å². The average Bonchev–Trinajstić information content (AvgIpc) is 3.63. The summed E-state index contributed by atoms with van der Waals surface area (Å²) in [6.45, 7) is 11.3. The van der Waals surface area contributed by atoms with Gasteiger partial charge < -0.3 is 29.1 Å². The Kier molecular flexibility index (Phi) is 10.0. The SMILES string of the molecule is CCCCN(CCCC)C(=O)CN1C[C@H](c2cc(OC)c3c(c2)OCO3)C(C(=O)O)[C@@H]1CCN1CCC(C)(C)C1=O. The lowest BCUT2D eigenvalue weighted by Crippen LogP contribution is -2.46. The van der Waals surface area contributed by atoms with Crippen molar-refractivity contribution in [3.05, 3.63) is 17.7 Å². The maximum Gasteiger partial charge on any atom is 0.308 e. The maximum atomic E-state index is 13.6. The monoisotopic (exact) mass is 573 g/mol. The van der Waals surface area contributed by atoms with E-state index >= 15 is 0 Å². The van der Waals surface area contributed by atoms with E-state index in [1.54, 1.807) is 7.11 Å². The minimum absolute atomic E-state index is 0.0309. The van der Waals surface area contributed by atoms with E-state index in [-0.39, 0.29) is 31.1 Å². The zero-order valence-corrected chi connectivity index (χ0v) is 25.3. The van der Waals surface area contributed by atoms with Gasteiger partial charge in [0.05, 0.1) is 19.6 Å². The number of hydrogen-bond donors (Lipinski definition) is 1. The van der Waals surface area contributed by atoms with Crippen LogP contribution < -0.4 is 14.2 Å². The summed E-state index contributed by atoms with van der Waals surface area (Å²) >= 11 is 0. The van der Waals surface area contributed by atoms with E-state index in [1.807, 2.05) is 40.7 Å². The van der Waals surface area contributed by atoms with E-state index in [2.05, 4.69) is 13.8 Å². The molecule has 2 saturated heterocycles. The number of amides is 2. The number of aliphatic carboxylic acids is 1. The summed E-state index contributed by atoms with van der Waals surface area (Å²) in [6, 6.07) is 3.26. The summed E-state index contributed by atoms with van der Waals surface area (Å²) in [5.41, 5.74) is 0.382. The Balaban J connectivity index is 1.63. The Morgan fingerprint density at radius 1 is 1.15 bits per heavy atom. The molecule has 3 aliphatic rings. The maximum absolute atomic E-state index is 13.6. The molecule has 228 valence electrons. The predicted octanol–water partition coefficient (Wildman–Crippen LogP) is 3.97. The molecule has 1 aromatic rings. The van der Waals surface area contributed by atoms with E-state index in [0.717, 1.165) is 37.7 Å². The highest BCUT2D eigenvalue weighted by Crippen LogP contribution is 2.47. The first-order valence-corrected chi connectivity index (χ1v) is 15.1. The number of fused-ring (bicyclic) bond motifs is 1. The molecule has 10 nitrogen and oxygen atoms in total. The normalized spacial score (nSPS) is 23.3. The summed E-state index contributed by atoms with van der Waals surface area (Å²) in [5, 5.41) is 10.6. The molecule has 2 amide bonds. The van der Waals surface area contributed by atoms with Gasteiger partial charge in [-0.05, 0) is 43.4 Å². The van der Waals surface area contributed by atoms with Crippen molar-refractivity contribution in [3.8, 4) is 17.2 Å². The third-order valence-electron chi connectivity index (χ3n) is 8.96. The van der Waals surface area contributed by atoms with Crippen LogP contribution in [0.4, 0.5) is 0 Å². The third-order valence-corrected chi connectivity index (χ3v) is 8.96. The predicted molar refractivity (Wildman–Crippen MR) is 154 cm³/mol. The Morgan fingerprint density at radius 2 is 1.85 bits per heavy atom. The Hall–Kier alpha value is -3.01. The van der Waals surface area contributed by atoms with E-state index < -0.39 is 23.3 Å². The van der Waals surface area contributed by atoms with Crippen molar-refractivity contribution in [1.82, 2.24) is 14.7 Å². The van der Waals surface area contributed by atoms with Crippen molar-refractivity contribution in [2.45, 2.75) is 78.2 Å². The van der Waals surface area contributed by atoms with Gasteiger partial charge in [-0.15, -0.1) is 0 Å². The molecular formula is C31H47N3O7. The quantitative estimate of drug-likeness (QED) is 0.356. The topological polar surface area (TPSA) is 109 Å². The van der Waals surface area contributed by atoms with Crippen molar-refractivity contribution in [2.75, 3.05) is 53.2 Å². The number of benzene rings is 1. The van der Waals surface area contributed by atoms with Crippen LogP contribution in [0.3, 0.4) is 0 Å². The lowest BCUT2D eigenvalue weighted by molar-refractivity contribution is -0.144. The molecule has 1 N–H and O–H groups in total. The smallest absolute Gasteiger partial charge is 0.308 e. The summed E-state index contributed by atoms with van der Waals surface area (Å²) in [6.07, 6.45) is 5.13. The lowest BCUT2D eigenvalue weighted by Gasteiger charge is -2.31. The van der Waals surface area contributed by atoms with Crippen molar-refractivity contribution in [2.24, 2.45) is 11.3 Å². The van der Waals surface area contributed by atoms with Gasteiger partial charge in [0, 0.05) is 50.1 Å². The van der Waals surface area contributed by atoms with Crippen LogP contribution in [-0.2, 0) is 14.4 Å². The van der Waals surface area contributed by atoms with Crippen LogP contribution in [0.25, 0.3) is 0 Å². The molecule has 0 aliphatic carbocycles. The molecule has 3 heterocycles. The van der Waals surface area contributed by atoms with Gasteiger partial charge in [0.25, 0.3) is 0 Å². The third kappa shape index (κ3) is 6.74. The fourth-order valence-corrected chi connectivity index (χ4v) is 6.44. The molecular weight excluding hydrogens is 526 g/mol. The molecule has 4 rings (SSSR count). The second kappa shape index (κ2) is 13.3. The van der Waals surface area contributed by atoms with Crippen LogP contribution >= 0.6 is 0 Å². The molecule has 1 aromatic carbocycles. The number of carboxylic acid groups (broad SMARTS) is 1. The number of ether oxygens (including phenoxy) is 3. The zero-order valence-electron chi connectivity index (χ0n) is 25.3. The van der Waals surface area contributed by atoms with Crippen LogP contribution in [0.1, 0.15) is 77.7 Å². The number of rotatable bonds is 14. The van der Waals surface area contributed by atoms with Crippen molar-refractivity contribution in [1.29, 1.82) is 0 Å². The molecule has 3 atom stereocenters. The number of methoxy groups -OCH3 is 1. The molecule has 0 radical (unpaired) electrons. The van der Waals surface area contributed by atoms with Crippen LogP contribution in [-0.4, -0.2) is 96.8 Å². The van der Waals surface area contributed by atoms with Gasteiger partial charge in [-0.2, -0.15) is 0 Å². The Bertz CT molecular complexity index is 1100. The van der Waals surface area contributed by atoms with E-state index in [9.17, 15) is 19.5 Å². The van der Waals surface area contributed by atoms with Crippen molar-refractivity contribution < 1.29 is 33.7 Å². The highest BCUT2D eigenvalue weighted by Gasteiger charge is 2.48. The van der Waals surface area contributed by atoms with Gasteiger partial charge in [-0.3, -0.25) is 19.3 Å². The van der Waals surface area contributed by atoms with Crippen molar-refractivity contribution >= 4 is 17.8 Å². The van der Waals surface area contributed by atoms with Crippen molar-refractivity contribution in [3.63, 3.8) is 0 Å². The Labute approximate surface area is 243 Å². The summed E-state index contributed by atoms with van der Waals surface area (Å²) in [4.78, 5) is 45.3. The fraction of sp³-hybridized carbons (Fsp3) is 0.710. The first-order chi connectivity index (χ1) is 19.6. The average molecular weight is 574 g/mol. The first kappa shape index (κ1) is 30.9. The number of nitrogens with zero attached hydrogens (tertiary/aromatic N) is 3. The fourth-order valence-electron chi connectivity index (χ4n) is 6.44. The van der Waals surface area contributed by atoms with Gasteiger partial charge in [0.1, 0.15) is 0 Å². The Morgan fingerprint density at radius 3 is 2.44 bits per heavy atom. The van der Waals surface area contributed by atoms with Crippen LogP contribution in [0.2, 0.25) is 0 Å². The van der Waals surface area contributed by atoms with E-state index in [4.69, 9.17) is 14.2 Å². The van der Waals surface area contributed by atoms with Gasteiger partial charge in [-0.1, -0.05) is 40.5 Å². The van der Waals surface area contributed by atoms with Gasteiger partial charge in [-0.25, -0.2) is 0 Å². The number of carbonyl (C=O) groups is 3. The lowest BCUT2D eigenvalue weighted by atomic mass is 9.84. The number of likely N-dealkylation sites (tertiary alicyclic amines) is 2. The number of unbranched alkanes of at least 4 members (excludes halogenated alkanes) is 2. The van der Waals surface area contributed by atoms with Crippen LogP contribution in [0.15, 0.2) is 12.1 Å². The summed E-state index contributed by atoms with van der Waals surface area (Å²) < 4.78 is 16.8. The standard InChI is InChI=1S/C31H47N3O7/c1-6-8-12-32(13-9-7-2)26(35)19-34-18-22(21-16-24(39-5)28-25(17-21)40-20-41-28)27(29(36)37)23(34)10-14-33-15-11-31(3,4)30(33)38/h16-17,22-23,27H,6-15,18-20H2,1-5H3,(H,36,37)/t22-,23+,27?/m1/s1. The minimum Gasteiger partial charge on any atom is -0.493 e. The second-order valence-electron chi connectivity index (χ2n) is 12.2. The summed E-state index contributed by atoms with van der Waals surface area (Å²) in [5.74, 6) is -0.380.